The number of hydrogen-bond donors (Lipinski definition) is 1. The maximum absolute atomic E-state index is 13.2. The van der Waals surface area contributed by atoms with Gasteiger partial charge in [0, 0.05) is 12.6 Å². The first kappa shape index (κ1) is 13.2. The van der Waals surface area contributed by atoms with Crippen LogP contribution in [0.3, 0.4) is 0 Å². The molecule has 0 aliphatic carbocycles. The molecule has 0 aliphatic heterocycles. The fourth-order valence-corrected chi connectivity index (χ4v) is 1.10. The van der Waals surface area contributed by atoms with Crippen LogP contribution in [0.2, 0.25) is 0 Å². The van der Waals surface area contributed by atoms with Gasteiger partial charge in [-0.15, -0.1) is 0 Å². The van der Waals surface area contributed by atoms with Gasteiger partial charge in [-0.05, 0) is 6.07 Å². The largest absolute Gasteiger partial charge is 0.390 e. The zero-order valence-electron chi connectivity index (χ0n) is 8.42. The molecule has 0 spiro atoms. The summed E-state index contributed by atoms with van der Waals surface area (Å²) in [5.74, 6) is -0.957. The van der Waals surface area contributed by atoms with Gasteiger partial charge in [-0.2, -0.15) is 13.2 Å². The normalized spacial score (nSPS) is 11.3. The van der Waals surface area contributed by atoms with E-state index in [2.05, 4.69) is 5.32 Å². The summed E-state index contributed by atoms with van der Waals surface area (Å²) in [6.07, 6.45) is -5.44. The third kappa shape index (κ3) is 4.25. The van der Waals surface area contributed by atoms with Crippen LogP contribution >= 0.6 is 0 Å². The zero-order valence-corrected chi connectivity index (χ0v) is 8.42. The van der Waals surface area contributed by atoms with E-state index in [-0.39, 0.29) is 5.69 Å². The molecule has 0 saturated heterocycles. The van der Waals surface area contributed by atoms with Crippen molar-refractivity contribution < 1.29 is 22.5 Å². The highest BCUT2D eigenvalue weighted by Gasteiger charge is 2.26. The lowest BCUT2D eigenvalue weighted by Gasteiger charge is -2.09. The highest BCUT2D eigenvalue weighted by atomic mass is 19.4. The van der Waals surface area contributed by atoms with Crippen LogP contribution in [-0.2, 0) is 0 Å². The first-order valence-electron chi connectivity index (χ1n) is 4.54. The van der Waals surface area contributed by atoms with Crippen LogP contribution < -0.4 is 5.32 Å². The molecule has 0 radical (unpaired) electrons. The van der Waals surface area contributed by atoms with E-state index in [0.717, 1.165) is 12.1 Å². The number of benzene rings is 1. The molecule has 0 heterocycles. The van der Waals surface area contributed by atoms with Gasteiger partial charge in [0.25, 0.3) is 5.69 Å². The number of hydrogen-bond acceptors (Lipinski definition) is 3. The molecule has 1 rings (SSSR count). The molecule has 0 aliphatic rings. The topological polar surface area (TPSA) is 55.2 Å². The van der Waals surface area contributed by atoms with Gasteiger partial charge in [0.1, 0.15) is 0 Å². The van der Waals surface area contributed by atoms with Crippen molar-refractivity contribution in [2.75, 3.05) is 11.9 Å². The number of non-ortho nitro benzene ring substituents is 1. The van der Waals surface area contributed by atoms with Crippen LogP contribution in [0.15, 0.2) is 18.2 Å². The molecule has 4 nitrogen and oxygen atoms in total. The lowest BCUT2D eigenvalue weighted by Crippen LogP contribution is -2.15. The molecular weight excluding hydrogens is 244 g/mol. The van der Waals surface area contributed by atoms with Crippen LogP contribution in [0.4, 0.5) is 28.9 Å². The molecule has 0 saturated carbocycles. The van der Waals surface area contributed by atoms with Crippen molar-refractivity contribution in [3.05, 3.63) is 34.1 Å². The van der Waals surface area contributed by atoms with Gasteiger partial charge in [0.15, 0.2) is 5.82 Å². The lowest BCUT2D eigenvalue weighted by molar-refractivity contribution is -0.385. The summed E-state index contributed by atoms with van der Waals surface area (Å²) in [6.45, 7) is -0.488. The molecule has 1 aromatic rings. The molecule has 94 valence electrons. The SMILES string of the molecule is O=[N+]([O-])c1ccc(NCCC(F)(F)F)c(F)c1. The van der Waals surface area contributed by atoms with E-state index >= 15 is 0 Å². The summed E-state index contributed by atoms with van der Waals surface area (Å²) in [5.41, 5.74) is -0.649. The van der Waals surface area contributed by atoms with Crippen molar-refractivity contribution in [1.29, 1.82) is 0 Å². The number of anilines is 1. The Bertz CT molecular complexity index is 420. The molecule has 0 bridgehead atoms. The maximum atomic E-state index is 13.2. The molecule has 0 aromatic heterocycles. The number of alkyl halides is 3. The van der Waals surface area contributed by atoms with Gasteiger partial charge < -0.3 is 5.32 Å². The van der Waals surface area contributed by atoms with Crippen LogP contribution in [0.25, 0.3) is 0 Å². The van der Waals surface area contributed by atoms with Gasteiger partial charge in [0.2, 0.25) is 0 Å². The van der Waals surface area contributed by atoms with E-state index in [1.165, 1.54) is 0 Å². The van der Waals surface area contributed by atoms with E-state index in [1.807, 2.05) is 0 Å². The summed E-state index contributed by atoms with van der Waals surface area (Å²) < 4.78 is 48.6. The van der Waals surface area contributed by atoms with Gasteiger partial charge in [-0.25, -0.2) is 4.39 Å². The van der Waals surface area contributed by atoms with Crippen molar-refractivity contribution in [3.8, 4) is 0 Å². The smallest absolute Gasteiger partial charge is 0.382 e. The van der Waals surface area contributed by atoms with Crippen LogP contribution in [0.5, 0.6) is 0 Å². The molecule has 0 amide bonds. The molecule has 1 aromatic carbocycles. The van der Waals surface area contributed by atoms with E-state index in [4.69, 9.17) is 0 Å². The van der Waals surface area contributed by atoms with Crippen molar-refractivity contribution in [2.24, 2.45) is 0 Å². The Hall–Kier alpha value is -1.86. The van der Waals surface area contributed by atoms with Crippen LogP contribution in [-0.4, -0.2) is 17.6 Å². The highest BCUT2D eigenvalue weighted by Crippen LogP contribution is 2.22. The van der Waals surface area contributed by atoms with E-state index in [1.54, 1.807) is 0 Å². The molecule has 0 unspecified atom stereocenters. The number of nitrogens with one attached hydrogen (secondary N) is 1. The number of nitro benzene ring substituents is 1. The predicted octanol–water partition coefficient (Wildman–Crippen LogP) is 3.10. The Balaban J connectivity index is 2.64. The maximum Gasteiger partial charge on any atom is 0.390 e. The second-order valence-corrected chi connectivity index (χ2v) is 3.21. The summed E-state index contributed by atoms with van der Waals surface area (Å²) in [6, 6.07) is 2.69. The van der Waals surface area contributed by atoms with E-state index in [9.17, 15) is 27.7 Å². The standard InChI is InChI=1S/C9H8F4N2O2/c10-7-5-6(15(16)17)1-2-8(7)14-4-3-9(11,12)13/h1-2,5,14H,3-4H2. The van der Waals surface area contributed by atoms with Gasteiger partial charge in [0.05, 0.1) is 23.1 Å². The van der Waals surface area contributed by atoms with Crippen molar-refractivity contribution in [3.63, 3.8) is 0 Å². The second kappa shape index (κ2) is 4.98. The Morgan fingerprint density at radius 3 is 2.47 bits per heavy atom. The third-order valence-electron chi connectivity index (χ3n) is 1.89. The quantitative estimate of drug-likeness (QED) is 0.509. The van der Waals surface area contributed by atoms with Gasteiger partial charge in [-0.1, -0.05) is 0 Å². The summed E-state index contributed by atoms with van der Waals surface area (Å²) in [7, 11) is 0. The average molecular weight is 252 g/mol. The molecule has 0 atom stereocenters. The van der Waals surface area contributed by atoms with Crippen molar-refractivity contribution >= 4 is 11.4 Å². The third-order valence-corrected chi connectivity index (χ3v) is 1.89. The van der Waals surface area contributed by atoms with Crippen molar-refractivity contribution in [1.82, 2.24) is 0 Å². The first-order valence-corrected chi connectivity index (χ1v) is 4.54. The summed E-state index contributed by atoms with van der Waals surface area (Å²) in [4.78, 5) is 9.49. The Morgan fingerprint density at radius 1 is 1.35 bits per heavy atom. The number of halogens is 4. The fraction of sp³-hybridized carbons (Fsp3) is 0.333. The Morgan fingerprint density at radius 2 is 2.00 bits per heavy atom. The number of nitrogens with zero attached hydrogens (tertiary/aromatic N) is 1. The summed E-state index contributed by atoms with van der Waals surface area (Å²) in [5, 5.41) is 12.5. The minimum absolute atomic E-state index is 0.195. The minimum atomic E-state index is -4.33. The number of rotatable bonds is 4. The van der Waals surface area contributed by atoms with E-state index in [0.29, 0.717) is 6.07 Å². The predicted molar refractivity (Wildman–Crippen MR) is 52.2 cm³/mol. The Labute approximate surface area is 93.4 Å². The zero-order chi connectivity index (χ0) is 13.1. The van der Waals surface area contributed by atoms with Crippen LogP contribution in [0, 0.1) is 15.9 Å². The average Bonchev–Trinajstić information content (AvgIpc) is 2.18. The molecule has 8 heteroatoms. The van der Waals surface area contributed by atoms with Gasteiger partial charge in [-0.3, -0.25) is 10.1 Å². The first-order chi connectivity index (χ1) is 7.79. The molecular formula is C9H8F4N2O2. The van der Waals surface area contributed by atoms with E-state index < -0.39 is 35.6 Å². The highest BCUT2D eigenvalue weighted by molar-refractivity contribution is 5.50. The Kier molecular flexibility index (Phi) is 3.87. The number of nitro groups is 1. The second-order valence-electron chi connectivity index (χ2n) is 3.21. The fourth-order valence-electron chi connectivity index (χ4n) is 1.10. The van der Waals surface area contributed by atoms with Crippen molar-refractivity contribution in [2.45, 2.75) is 12.6 Å². The van der Waals surface area contributed by atoms with Gasteiger partial charge >= 0.3 is 6.18 Å². The van der Waals surface area contributed by atoms with Crippen LogP contribution in [0.1, 0.15) is 6.42 Å². The minimum Gasteiger partial charge on any atom is -0.382 e. The molecule has 0 fully saturated rings. The lowest BCUT2D eigenvalue weighted by atomic mass is 10.2. The molecule has 17 heavy (non-hydrogen) atoms. The molecule has 1 N–H and O–H groups in total. The summed E-state index contributed by atoms with van der Waals surface area (Å²) >= 11 is 0. The monoisotopic (exact) mass is 252 g/mol.